The summed E-state index contributed by atoms with van der Waals surface area (Å²) in [6.45, 7) is 4.90. The molecule has 0 aromatic heterocycles. The predicted molar refractivity (Wildman–Crippen MR) is 88.5 cm³/mol. The molecule has 2 atom stereocenters. The van der Waals surface area contributed by atoms with Gasteiger partial charge in [-0.05, 0) is 18.9 Å². The highest BCUT2D eigenvalue weighted by molar-refractivity contribution is 5.76. The standard InChI is InChI=1S/C18H29NO3/c1-3-5-6-7-11-14-22-17(15-12-9-8-10-13-15)16(19)18(20)21-4-2/h8-10,12-13,16-17H,3-7,11,14,19H2,1-2H3. The van der Waals surface area contributed by atoms with E-state index in [4.69, 9.17) is 15.2 Å². The van der Waals surface area contributed by atoms with Crippen LogP contribution in [0.4, 0.5) is 0 Å². The van der Waals surface area contributed by atoms with Crippen molar-refractivity contribution in [3.05, 3.63) is 35.9 Å². The highest BCUT2D eigenvalue weighted by Gasteiger charge is 2.27. The lowest BCUT2D eigenvalue weighted by Crippen LogP contribution is -2.39. The lowest BCUT2D eigenvalue weighted by molar-refractivity contribution is -0.149. The Bertz CT molecular complexity index is 408. The minimum atomic E-state index is -0.794. The van der Waals surface area contributed by atoms with Gasteiger partial charge in [0.1, 0.15) is 12.1 Å². The maximum absolute atomic E-state index is 11.9. The fourth-order valence-electron chi connectivity index (χ4n) is 2.33. The van der Waals surface area contributed by atoms with E-state index in [0.717, 1.165) is 18.4 Å². The van der Waals surface area contributed by atoms with Crippen molar-refractivity contribution >= 4 is 5.97 Å². The molecule has 2 N–H and O–H groups in total. The largest absolute Gasteiger partial charge is 0.465 e. The number of ether oxygens (including phenoxy) is 2. The third-order valence-electron chi connectivity index (χ3n) is 3.56. The van der Waals surface area contributed by atoms with E-state index in [0.29, 0.717) is 13.2 Å². The first kappa shape index (κ1) is 18.7. The van der Waals surface area contributed by atoms with Gasteiger partial charge in [0, 0.05) is 6.61 Å². The fourth-order valence-corrected chi connectivity index (χ4v) is 2.33. The van der Waals surface area contributed by atoms with Crippen molar-refractivity contribution in [2.24, 2.45) is 5.73 Å². The molecule has 0 saturated heterocycles. The number of hydrogen-bond donors (Lipinski definition) is 1. The Hall–Kier alpha value is -1.39. The highest BCUT2D eigenvalue weighted by Crippen LogP contribution is 2.21. The van der Waals surface area contributed by atoms with Crippen LogP contribution in [-0.4, -0.2) is 25.2 Å². The number of unbranched alkanes of at least 4 members (excludes halogenated alkanes) is 4. The molecule has 0 aliphatic rings. The van der Waals surface area contributed by atoms with Gasteiger partial charge in [0.2, 0.25) is 0 Å². The smallest absolute Gasteiger partial charge is 0.325 e. The topological polar surface area (TPSA) is 61.5 Å². The van der Waals surface area contributed by atoms with Gasteiger partial charge in [0.25, 0.3) is 0 Å². The first-order valence-corrected chi connectivity index (χ1v) is 8.29. The Kier molecular flexibility index (Phi) is 9.51. The minimum absolute atomic E-state index is 0.324. The van der Waals surface area contributed by atoms with Crippen molar-refractivity contribution < 1.29 is 14.3 Å². The number of benzene rings is 1. The van der Waals surface area contributed by atoms with Crippen LogP contribution in [0.5, 0.6) is 0 Å². The van der Waals surface area contributed by atoms with E-state index in [9.17, 15) is 4.79 Å². The third kappa shape index (κ3) is 6.58. The van der Waals surface area contributed by atoms with Gasteiger partial charge in [-0.1, -0.05) is 62.9 Å². The molecule has 1 aromatic carbocycles. The van der Waals surface area contributed by atoms with Crippen molar-refractivity contribution in [2.45, 2.75) is 58.1 Å². The van der Waals surface area contributed by atoms with E-state index in [2.05, 4.69) is 6.92 Å². The van der Waals surface area contributed by atoms with Crippen molar-refractivity contribution in [2.75, 3.05) is 13.2 Å². The zero-order chi connectivity index (χ0) is 16.2. The molecule has 1 rings (SSSR count). The molecule has 0 radical (unpaired) electrons. The summed E-state index contributed by atoms with van der Waals surface area (Å²) in [5, 5.41) is 0. The van der Waals surface area contributed by atoms with Crippen LogP contribution in [0.3, 0.4) is 0 Å². The lowest BCUT2D eigenvalue weighted by atomic mass is 10.0. The fraction of sp³-hybridized carbons (Fsp3) is 0.611. The number of nitrogens with two attached hydrogens (primary N) is 1. The van der Waals surface area contributed by atoms with Crippen LogP contribution in [0.15, 0.2) is 30.3 Å². The van der Waals surface area contributed by atoms with Crippen LogP contribution in [0.1, 0.15) is 57.6 Å². The SMILES string of the molecule is CCCCCCCOC(c1ccccc1)C(N)C(=O)OCC. The van der Waals surface area contributed by atoms with E-state index >= 15 is 0 Å². The van der Waals surface area contributed by atoms with Crippen LogP contribution in [0, 0.1) is 0 Å². The second-order valence-electron chi connectivity index (χ2n) is 5.39. The Morgan fingerprint density at radius 2 is 1.77 bits per heavy atom. The summed E-state index contributed by atoms with van der Waals surface area (Å²) in [6, 6.07) is 8.84. The number of rotatable bonds is 11. The predicted octanol–water partition coefficient (Wildman–Crippen LogP) is 3.61. The third-order valence-corrected chi connectivity index (χ3v) is 3.56. The van der Waals surface area contributed by atoms with Gasteiger partial charge in [0.15, 0.2) is 0 Å². The molecule has 0 saturated carbocycles. The summed E-state index contributed by atoms with van der Waals surface area (Å²) in [6.07, 6.45) is 5.38. The molecule has 0 amide bonds. The molecule has 124 valence electrons. The van der Waals surface area contributed by atoms with E-state index in [1.165, 1.54) is 19.3 Å². The first-order valence-electron chi connectivity index (χ1n) is 8.29. The van der Waals surface area contributed by atoms with Crippen molar-refractivity contribution in [1.29, 1.82) is 0 Å². The maximum atomic E-state index is 11.9. The molecule has 0 fully saturated rings. The average molecular weight is 307 g/mol. The van der Waals surface area contributed by atoms with Gasteiger partial charge in [-0.3, -0.25) is 4.79 Å². The number of hydrogen-bond acceptors (Lipinski definition) is 4. The Labute approximate surface area is 134 Å². The Morgan fingerprint density at radius 1 is 1.09 bits per heavy atom. The molecule has 2 unspecified atom stereocenters. The van der Waals surface area contributed by atoms with Crippen molar-refractivity contribution in [1.82, 2.24) is 0 Å². The van der Waals surface area contributed by atoms with Crippen LogP contribution in [0.25, 0.3) is 0 Å². The van der Waals surface area contributed by atoms with Gasteiger partial charge in [0.05, 0.1) is 6.61 Å². The number of carbonyl (C=O) groups excluding carboxylic acids is 1. The van der Waals surface area contributed by atoms with E-state index < -0.39 is 18.1 Å². The Morgan fingerprint density at radius 3 is 2.41 bits per heavy atom. The van der Waals surface area contributed by atoms with E-state index in [-0.39, 0.29) is 0 Å². The maximum Gasteiger partial charge on any atom is 0.325 e. The molecule has 0 aliphatic heterocycles. The highest BCUT2D eigenvalue weighted by atomic mass is 16.5. The summed E-state index contributed by atoms with van der Waals surface area (Å²) in [5.41, 5.74) is 6.96. The Balaban J connectivity index is 2.57. The average Bonchev–Trinajstić information content (AvgIpc) is 2.55. The summed E-state index contributed by atoms with van der Waals surface area (Å²) in [7, 11) is 0. The van der Waals surface area contributed by atoms with Crippen LogP contribution in [-0.2, 0) is 14.3 Å². The molecular weight excluding hydrogens is 278 g/mol. The number of esters is 1. The molecular formula is C18H29NO3. The van der Waals surface area contributed by atoms with Crippen molar-refractivity contribution in [3.8, 4) is 0 Å². The molecule has 1 aromatic rings. The second-order valence-corrected chi connectivity index (χ2v) is 5.39. The van der Waals surface area contributed by atoms with Crippen LogP contribution >= 0.6 is 0 Å². The lowest BCUT2D eigenvalue weighted by Gasteiger charge is -2.23. The van der Waals surface area contributed by atoms with E-state index in [1.54, 1.807) is 6.92 Å². The molecule has 0 bridgehead atoms. The molecule has 0 aliphatic carbocycles. The van der Waals surface area contributed by atoms with Crippen LogP contribution < -0.4 is 5.73 Å². The summed E-state index contributed by atoms with van der Waals surface area (Å²) in [4.78, 5) is 11.9. The molecule has 4 nitrogen and oxygen atoms in total. The molecule has 22 heavy (non-hydrogen) atoms. The number of carbonyl (C=O) groups is 1. The summed E-state index contributed by atoms with van der Waals surface area (Å²) >= 11 is 0. The quantitative estimate of drug-likeness (QED) is 0.501. The van der Waals surface area contributed by atoms with Gasteiger partial charge >= 0.3 is 5.97 Å². The van der Waals surface area contributed by atoms with Gasteiger partial charge in [-0.2, -0.15) is 0 Å². The van der Waals surface area contributed by atoms with Gasteiger partial charge < -0.3 is 15.2 Å². The van der Waals surface area contributed by atoms with Crippen LogP contribution in [0.2, 0.25) is 0 Å². The first-order chi connectivity index (χ1) is 10.7. The molecule has 0 spiro atoms. The molecule has 0 heterocycles. The second kappa shape index (κ2) is 11.2. The monoisotopic (exact) mass is 307 g/mol. The normalized spacial score (nSPS) is 13.6. The zero-order valence-corrected chi connectivity index (χ0v) is 13.8. The summed E-state index contributed by atoms with van der Waals surface area (Å²) in [5.74, 6) is -0.415. The van der Waals surface area contributed by atoms with Gasteiger partial charge in [-0.25, -0.2) is 0 Å². The summed E-state index contributed by atoms with van der Waals surface area (Å²) < 4.78 is 10.9. The van der Waals surface area contributed by atoms with E-state index in [1.807, 2.05) is 30.3 Å². The van der Waals surface area contributed by atoms with Gasteiger partial charge in [-0.15, -0.1) is 0 Å². The molecule has 4 heteroatoms. The minimum Gasteiger partial charge on any atom is -0.465 e. The zero-order valence-electron chi connectivity index (χ0n) is 13.8. The van der Waals surface area contributed by atoms with Crippen molar-refractivity contribution in [3.63, 3.8) is 0 Å².